The number of rotatable bonds is 11. The monoisotopic (exact) mass is 575 g/mol. The topological polar surface area (TPSA) is 86.8 Å². The molecule has 0 heterocycles. The molecule has 0 aromatic heterocycles. The predicted octanol–water partition coefficient (Wildman–Crippen LogP) is 4.91. The van der Waals surface area contributed by atoms with Crippen LogP contribution in [0, 0.1) is 5.82 Å². The number of fused-ring (bicyclic) bond motifs is 1. The van der Waals surface area contributed by atoms with Gasteiger partial charge in [-0.25, -0.2) is 12.8 Å². The number of hydrogen-bond acceptors (Lipinski definition) is 4. The van der Waals surface area contributed by atoms with Gasteiger partial charge in [-0.1, -0.05) is 78.9 Å². The summed E-state index contributed by atoms with van der Waals surface area (Å²) in [6.07, 6.45) is 1.26. The number of carbonyl (C=O) groups is 2. The summed E-state index contributed by atoms with van der Waals surface area (Å²) in [7, 11) is -3.90. The molecule has 41 heavy (non-hydrogen) atoms. The molecule has 7 nitrogen and oxygen atoms in total. The van der Waals surface area contributed by atoms with Gasteiger partial charge in [-0.3, -0.25) is 13.9 Å². The fourth-order valence-electron chi connectivity index (χ4n) is 4.74. The summed E-state index contributed by atoms with van der Waals surface area (Å²) >= 11 is 0. The first-order chi connectivity index (χ1) is 19.5. The lowest BCUT2D eigenvalue weighted by Crippen LogP contribution is -2.54. The van der Waals surface area contributed by atoms with Crippen LogP contribution in [0.25, 0.3) is 10.8 Å². The summed E-state index contributed by atoms with van der Waals surface area (Å²) in [5.74, 6) is -1.35. The Bertz CT molecular complexity index is 1600. The lowest BCUT2D eigenvalue weighted by atomic mass is 10.0. The number of hydrogen-bond donors (Lipinski definition) is 1. The highest BCUT2D eigenvalue weighted by Gasteiger charge is 2.33. The van der Waals surface area contributed by atoms with E-state index in [0.717, 1.165) is 21.5 Å². The lowest BCUT2D eigenvalue weighted by Gasteiger charge is -2.34. The quantitative estimate of drug-likeness (QED) is 0.275. The van der Waals surface area contributed by atoms with E-state index in [4.69, 9.17) is 0 Å². The molecule has 214 valence electrons. The van der Waals surface area contributed by atoms with Crippen molar-refractivity contribution in [3.05, 3.63) is 114 Å². The SMILES string of the molecule is CC(C)NC(=O)C(Cc1ccccc1)N(Cc1ccc(F)cc1)C(=O)CN(c1cccc2ccccc12)S(C)(=O)=O. The lowest BCUT2D eigenvalue weighted by molar-refractivity contribution is -0.140. The molecule has 0 aliphatic rings. The first kappa shape index (κ1) is 29.7. The zero-order chi connectivity index (χ0) is 29.6. The third kappa shape index (κ3) is 7.70. The van der Waals surface area contributed by atoms with Crippen molar-refractivity contribution in [3.8, 4) is 0 Å². The van der Waals surface area contributed by atoms with Crippen molar-refractivity contribution in [2.45, 2.75) is 38.9 Å². The van der Waals surface area contributed by atoms with Gasteiger partial charge >= 0.3 is 0 Å². The largest absolute Gasteiger partial charge is 0.352 e. The summed E-state index contributed by atoms with van der Waals surface area (Å²) in [6.45, 7) is 3.12. The van der Waals surface area contributed by atoms with Crippen LogP contribution in [-0.2, 0) is 32.6 Å². The van der Waals surface area contributed by atoms with E-state index < -0.39 is 34.3 Å². The van der Waals surface area contributed by atoms with Gasteiger partial charge in [-0.15, -0.1) is 0 Å². The number of nitrogens with zero attached hydrogens (tertiary/aromatic N) is 2. The molecule has 1 unspecified atom stereocenters. The van der Waals surface area contributed by atoms with Gasteiger partial charge in [-0.05, 0) is 48.6 Å². The predicted molar refractivity (Wildman–Crippen MR) is 160 cm³/mol. The molecule has 0 bridgehead atoms. The maximum absolute atomic E-state index is 14.2. The summed E-state index contributed by atoms with van der Waals surface area (Å²) in [6, 6.07) is 26.5. The highest BCUT2D eigenvalue weighted by molar-refractivity contribution is 7.92. The maximum Gasteiger partial charge on any atom is 0.244 e. The highest BCUT2D eigenvalue weighted by atomic mass is 32.2. The Morgan fingerprint density at radius 2 is 1.46 bits per heavy atom. The van der Waals surface area contributed by atoms with Gasteiger partial charge in [0.05, 0.1) is 11.9 Å². The van der Waals surface area contributed by atoms with Crippen LogP contribution in [0.5, 0.6) is 0 Å². The zero-order valence-electron chi connectivity index (χ0n) is 23.3. The van der Waals surface area contributed by atoms with E-state index in [1.165, 1.54) is 17.0 Å². The van der Waals surface area contributed by atoms with Gasteiger partial charge in [0, 0.05) is 24.4 Å². The molecule has 4 aromatic carbocycles. The molecule has 4 aromatic rings. The van der Waals surface area contributed by atoms with Crippen molar-refractivity contribution < 1.29 is 22.4 Å². The fourth-order valence-corrected chi connectivity index (χ4v) is 5.60. The van der Waals surface area contributed by atoms with Crippen molar-refractivity contribution in [3.63, 3.8) is 0 Å². The number of carbonyl (C=O) groups excluding carboxylic acids is 2. The van der Waals surface area contributed by atoms with E-state index in [2.05, 4.69) is 5.32 Å². The van der Waals surface area contributed by atoms with E-state index >= 15 is 0 Å². The van der Waals surface area contributed by atoms with Gasteiger partial charge in [0.1, 0.15) is 18.4 Å². The van der Waals surface area contributed by atoms with Gasteiger partial charge < -0.3 is 10.2 Å². The number of sulfonamides is 1. The fraction of sp³-hybridized carbons (Fsp3) is 0.250. The van der Waals surface area contributed by atoms with E-state index in [1.54, 1.807) is 36.4 Å². The van der Waals surface area contributed by atoms with Gasteiger partial charge in [0.15, 0.2) is 0 Å². The van der Waals surface area contributed by atoms with Crippen LogP contribution in [0.15, 0.2) is 97.1 Å². The average molecular weight is 576 g/mol. The molecule has 0 aliphatic carbocycles. The summed E-state index contributed by atoms with van der Waals surface area (Å²) < 4.78 is 41.0. The van der Waals surface area contributed by atoms with Crippen LogP contribution >= 0.6 is 0 Å². The van der Waals surface area contributed by atoms with E-state index in [1.807, 2.05) is 62.4 Å². The first-order valence-corrected chi connectivity index (χ1v) is 15.2. The maximum atomic E-state index is 14.2. The second-order valence-electron chi connectivity index (χ2n) is 10.3. The normalized spacial score (nSPS) is 12.2. The van der Waals surface area contributed by atoms with Crippen molar-refractivity contribution in [1.29, 1.82) is 0 Å². The molecule has 0 aliphatic heterocycles. The van der Waals surface area contributed by atoms with E-state index in [0.29, 0.717) is 16.6 Å². The Labute approximate surface area is 240 Å². The van der Waals surface area contributed by atoms with Gasteiger partial charge in [-0.2, -0.15) is 0 Å². The van der Waals surface area contributed by atoms with Crippen LogP contribution in [0.2, 0.25) is 0 Å². The smallest absolute Gasteiger partial charge is 0.244 e. The standard InChI is InChI=1S/C32H34FN3O4S/c1-23(2)34-32(38)30(20-24-10-5-4-6-11-24)35(21-25-16-18-27(33)19-17-25)31(37)22-36(41(3,39)40)29-15-9-13-26-12-7-8-14-28(26)29/h4-19,23,30H,20-22H2,1-3H3,(H,34,38). The van der Waals surface area contributed by atoms with Gasteiger partial charge in [0.2, 0.25) is 21.8 Å². The van der Waals surface area contributed by atoms with Crippen LogP contribution < -0.4 is 9.62 Å². The number of nitrogens with one attached hydrogen (secondary N) is 1. The van der Waals surface area contributed by atoms with E-state index in [-0.39, 0.29) is 24.9 Å². The Kier molecular flexibility index (Phi) is 9.39. The minimum absolute atomic E-state index is 0.0186. The molecular formula is C32H34FN3O4S. The highest BCUT2D eigenvalue weighted by Crippen LogP contribution is 2.29. The number of anilines is 1. The Morgan fingerprint density at radius 1 is 0.829 bits per heavy atom. The molecule has 2 amide bonds. The van der Waals surface area contributed by atoms with Crippen molar-refractivity contribution in [2.75, 3.05) is 17.1 Å². The van der Waals surface area contributed by atoms with Crippen molar-refractivity contribution in [2.24, 2.45) is 0 Å². The Balaban J connectivity index is 1.78. The number of amides is 2. The van der Waals surface area contributed by atoms with Crippen LogP contribution in [0.3, 0.4) is 0 Å². The van der Waals surface area contributed by atoms with Crippen molar-refractivity contribution >= 4 is 38.3 Å². The molecule has 0 spiro atoms. The molecule has 1 atom stereocenters. The second-order valence-corrected chi connectivity index (χ2v) is 12.2. The van der Waals surface area contributed by atoms with Crippen LogP contribution in [0.4, 0.5) is 10.1 Å². The summed E-state index contributed by atoms with van der Waals surface area (Å²) in [4.78, 5) is 29.1. The molecule has 4 rings (SSSR count). The molecule has 0 fully saturated rings. The molecule has 0 saturated carbocycles. The van der Waals surface area contributed by atoms with Gasteiger partial charge in [0.25, 0.3) is 0 Å². The molecule has 0 saturated heterocycles. The van der Waals surface area contributed by atoms with Crippen LogP contribution in [0.1, 0.15) is 25.0 Å². The first-order valence-electron chi connectivity index (χ1n) is 13.4. The minimum atomic E-state index is -3.90. The summed E-state index contributed by atoms with van der Waals surface area (Å²) in [5.41, 5.74) is 1.81. The minimum Gasteiger partial charge on any atom is -0.352 e. The second kappa shape index (κ2) is 13.0. The summed E-state index contributed by atoms with van der Waals surface area (Å²) in [5, 5.41) is 4.41. The molecular weight excluding hydrogens is 541 g/mol. The van der Waals surface area contributed by atoms with Crippen molar-refractivity contribution in [1.82, 2.24) is 10.2 Å². The Morgan fingerprint density at radius 3 is 2.12 bits per heavy atom. The molecule has 1 N–H and O–H groups in total. The Hall–Kier alpha value is -4.24. The molecule has 9 heteroatoms. The molecule has 0 radical (unpaired) electrons. The zero-order valence-corrected chi connectivity index (χ0v) is 24.1. The van der Waals surface area contributed by atoms with E-state index in [9.17, 15) is 22.4 Å². The third-order valence-electron chi connectivity index (χ3n) is 6.68. The third-order valence-corrected chi connectivity index (χ3v) is 7.81. The van der Waals surface area contributed by atoms with Crippen LogP contribution in [-0.4, -0.2) is 50.0 Å². The number of halogens is 1. The number of benzene rings is 4. The average Bonchev–Trinajstić information content (AvgIpc) is 2.94.